The predicted molar refractivity (Wildman–Crippen MR) is 73.4 cm³/mol. The molecular formula is C13H8Cl2FN3. The molecule has 0 spiro atoms. The number of hydrogen-bond acceptors (Lipinski definition) is 3. The summed E-state index contributed by atoms with van der Waals surface area (Å²) in [7, 11) is 0. The molecule has 0 aliphatic heterocycles. The van der Waals surface area contributed by atoms with E-state index in [-0.39, 0.29) is 10.0 Å². The highest BCUT2D eigenvalue weighted by molar-refractivity contribution is 6.39. The maximum Gasteiger partial charge on any atom is 0.148 e. The fraction of sp³-hybridized carbons (Fsp3) is 0.0769. The van der Waals surface area contributed by atoms with E-state index < -0.39 is 5.82 Å². The highest BCUT2D eigenvalue weighted by Gasteiger charge is 2.12. The summed E-state index contributed by atoms with van der Waals surface area (Å²) < 4.78 is 13.1. The molecule has 0 fully saturated rings. The average molecular weight is 296 g/mol. The highest BCUT2D eigenvalue weighted by Crippen LogP contribution is 2.34. The van der Waals surface area contributed by atoms with Crippen LogP contribution in [0.25, 0.3) is 0 Å². The molecule has 0 bridgehead atoms. The van der Waals surface area contributed by atoms with E-state index in [0.29, 0.717) is 17.1 Å². The van der Waals surface area contributed by atoms with Crippen LogP contribution < -0.4 is 5.32 Å². The predicted octanol–water partition coefficient (Wildman–Crippen LogP) is 4.45. The molecule has 0 amide bonds. The number of halogens is 3. The first-order valence-corrected chi connectivity index (χ1v) is 6.06. The third kappa shape index (κ3) is 2.95. The monoisotopic (exact) mass is 295 g/mol. The van der Waals surface area contributed by atoms with Crippen LogP contribution in [-0.2, 0) is 0 Å². The molecule has 6 heteroatoms. The standard InChI is InChI=1S/C13H8Cl2FN3/c1-7-2-3-8(6-17)13(18-7)19-12-10(14)4-9(16)5-11(12)15/h2-5H,1H3,(H,18,19). The van der Waals surface area contributed by atoms with Gasteiger partial charge >= 0.3 is 0 Å². The van der Waals surface area contributed by atoms with E-state index in [4.69, 9.17) is 28.5 Å². The summed E-state index contributed by atoms with van der Waals surface area (Å²) in [5.74, 6) is -0.198. The van der Waals surface area contributed by atoms with Crippen molar-refractivity contribution in [2.75, 3.05) is 5.32 Å². The van der Waals surface area contributed by atoms with Gasteiger partial charge in [0, 0.05) is 5.69 Å². The molecule has 96 valence electrons. The smallest absolute Gasteiger partial charge is 0.148 e. The van der Waals surface area contributed by atoms with E-state index in [9.17, 15) is 4.39 Å². The molecule has 0 radical (unpaired) electrons. The summed E-state index contributed by atoms with van der Waals surface area (Å²) in [6, 6.07) is 7.64. The van der Waals surface area contributed by atoms with Crippen molar-refractivity contribution in [2.24, 2.45) is 0 Å². The first-order valence-electron chi connectivity index (χ1n) is 5.30. The molecule has 0 aliphatic rings. The van der Waals surface area contributed by atoms with E-state index in [1.807, 2.05) is 6.07 Å². The molecular weight excluding hydrogens is 288 g/mol. The van der Waals surface area contributed by atoms with Gasteiger partial charge in [-0.1, -0.05) is 23.2 Å². The van der Waals surface area contributed by atoms with E-state index in [1.165, 1.54) is 0 Å². The number of aromatic nitrogens is 1. The number of nitriles is 1. The third-order valence-corrected chi connectivity index (χ3v) is 3.00. The first kappa shape index (κ1) is 13.6. The van der Waals surface area contributed by atoms with Crippen LogP contribution in [0.15, 0.2) is 24.3 Å². The number of aryl methyl sites for hydroxylation is 1. The number of hydrogen-bond donors (Lipinski definition) is 1. The zero-order valence-corrected chi connectivity index (χ0v) is 11.3. The summed E-state index contributed by atoms with van der Waals surface area (Å²) in [6.45, 7) is 1.79. The maximum atomic E-state index is 13.1. The molecule has 1 aromatic heterocycles. The van der Waals surface area contributed by atoms with Crippen LogP contribution in [0.1, 0.15) is 11.3 Å². The Kier molecular flexibility index (Phi) is 3.89. The Hall–Kier alpha value is -1.83. The van der Waals surface area contributed by atoms with Gasteiger partial charge in [-0.2, -0.15) is 5.26 Å². The lowest BCUT2D eigenvalue weighted by molar-refractivity contribution is 0.628. The fourth-order valence-corrected chi connectivity index (χ4v) is 2.08. The molecule has 0 saturated carbocycles. The Balaban J connectivity index is 2.48. The molecule has 1 aromatic carbocycles. The van der Waals surface area contributed by atoms with E-state index in [1.54, 1.807) is 19.1 Å². The van der Waals surface area contributed by atoms with Crippen molar-refractivity contribution in [1.82, 2.24) is 4.98 Å². The van der Waals surface area contributed by atoms with Crippen LogP contribution in [-0.4, -0.2) is 4.98 Å². The molecule has 0 aliphatic carbocycles. The molecule has 2 aromatic rings. The normalized spacial score (nSPS) is 10.1. The summed E-state index contributed by atoms with van der Waals surface area (Å²) in [5, 5.41) is 12.1. The van der Waals surface area contributed by atoms with Crippen LogP contribution in [0.4, 0.5) is 15.9 Å². The summed E-state index contributed by atoms with van der Waals surface area (Å²) in [6.07, 6.45) is 0. The lowest BCUT2D eigenvalue weighted by Gasteiger charge is -2.11. The van der Waals surface area contributed by atoms with Crippen molar-refractivity contribution in [3.05, 3.63) is 51.4 Å². The Morgan fingerprint density at radius 3 is 2.47 bits per heavy atom. The molecule has 0 atom stereocenters. The Bertz CT molecular complexity index is 657. The molecule has 19 heavy (non-hydrogen) atoms. The van der Waals surface area contributed by atoms with Gasteiger partial charge in [-0.05, 0) is 31.2 Å². The first-order chi connectivity index (χ1) is 9.01. The van der Waals surface area contributed by atoms with Crippen molar-refractivity contribution in [2.45, 2.75) is 6.92 Å². The minimum atomic E-state index is -0.529. The maximum absolute atomic E-state index is 13.1. The molecule has 2 rings (SSSR count). The SMILES string of the molecule is Cc1ccc(C#N)c(Nc2c(Cl)cc(F)cc2Cl)n1. The minimum Gasteiger partial charge on any atom is -0.337 e. The topological polar surface area (TPSA) is 48.7 Å². The number of pyridine rings is 1. The van der Waals surface area contributed by atoms with Gasteiger partial charge in [0.2, 0.25) is 0 Å². The number of anilines is 2. The van der Waals surface area contributed by atoms with Gasteiger partial charge in [0.1, 0.15) is 17.7 Å². The van der Waals surface area contributed by atoms with Crippen LogP contribution in [0, 0.1) is 24.1 Å². The Morgan fingerprint density at radius 2 is 1.89 bits per heavy atom. The van der Waals surface area contributed by atoms with Gasteiger partial charge in [0.15, 0.2) is 0 Å². The van der Waals surface area contributed by atoms with E-state index in [2.05, 4.69) is 10.3 Å². The number of nitrogens with one attached hydrogen (secondary N) is 1. The summed E-state index contributed by atoms with van der Waals surface area (Å²) in [4.78, 5) is 4.20. The second kappa shape index (κ2) is 5.43. The Labute approximate surface area is 119 Å². The summed E-state index contributed by atoms with van der Waals surface area (Å²) in [5.41, 5.74) is 1.40. The number of rotatable bonds is 2. The number of nitrogens with zero attached hydrogens (tertiary/aromatic N) is 2. The molecule has 1 N–H and O–H groups in total. The summed E-state index contributed by atoms with van der Waals surface area (Å²) >= 11 is 11.8. The second-order valence-electron chi connectivity index (χ2n) is 3.83. The molecule has 0 unspecified atom stereocenters. The van der Waals surface area contributed by atoms with Gasteiger partial charge in [-0.25, -0.2) is 9.37 Å². The van der Waals surface area contributed by atoms with Crippen molar-refractivity contribution in [3.8, 4) is 6.07 Å². The lowest BCUT2D eigenvalue weighted by Crippen LogP contribution is -2.00. The molecule has 0 saturated heterocycles. The molecule has 3 nitrogen and oxygen atoms in total. The van der Waals surface area contributed by atoms with Gasteiger partial charge < -0.3 is 5.32 Å². The van der Waals surface area contributed by atoms with Crippen LogP contribution in [0.2, 0.25) is 10.0 Å². The van der Waals surface area contributed by atoms with Crippen LogP contribution >= 0.6 is 23.2 Å². The molecule has 1 heterocycles. The second-order valence-corrected chi connectivity index (χ2v) is 4.64. The fourth-order valence-electron chi connectivity index (χ4n) is 1.52. The largest absolute Gasteiger partial charge is 0.337 e. The van der Waals surface area contributed by atoms with Crippen molar-refractivity contribution in [1.29, 1.82) is 5.26 Å². The number of benzene rings is 1. The lowest BCUT2D eigenvalue weighted by atomic mass is 10.2. The Morgan fingerprint density at radius 1 is 1.26 bits per heavy atom. The van der Waals surface area contributed by atoms with Gasteiger partial charge in [-0.3, -0.25) is 0 Å². The van der Waals surface area contributed by atoms with Gasteiger partial charge in [0.25, 0.3) is 0 Å². The van der Waals surface area contributed by atoms with Crippen LogP contribution in [0.5, 0.6) is 0 Å². The zero-order valence-electron chi connectivity index (χ0n) is 9.84. The van der Waals surface area contributed by atoms with Gasteiger partial charge in [-0.15, -0.1) is 0 Å². The van der Waals surface area contributed by atoms with Crippen molar-refractivity contribution >= 4 is 34.7 Å². The zero-order chi connectivity index (χ0) is 14.0. The van der Waals surface area contributed by atoms with E-state index in [0.717, 1.165) is 17.8 Å². The highest BCUT2D eigenvalue weighted by atomic mass is 35.5. The van der Waals surface area contributed by atoms with Crippen LogP contribution in [0.3, 0.4) is 0 Å². The van der Waals surface area contributed by atoms with Crippen molar-refractivity contribution in [3.63, 3.8) is 0 Å². The van der Waals surface area contributed by atoms with Crippen molar-refractivity contribution < 1.29 is 4.39 Å². The quantitative estimate of drug-likeness (QED) is 0.890. The third-order valence-electron chi connectivity index (χ3n) is 2.41. The minimum absolute atomic E-state index is 0.122. The average Bonchev–Trinajstić information content (AvgIpc) is 2.34. The van der Waals surface area contributed by atoms with E-state index >= 15 is 0 Å². The van der Waals surface area contributed by atoms with Gasteiger partial charge in [0.05, 0.1) is 21.3 Å².